The topological polar surface area (TPSA) is 100 Å². The molecule has 33 heavy (non-hydrogen) atoms. The first-order chi connectivity index (χ1) is 15.9. The van der Waals surface area contributed by atoms with Gasteiger partial charge in [-0.2, -0.15) is 0 Å². The van der Waals surface area contributed by atoms with Crippen molar-refractivity contribution in [2.24, 2.45) is 11.8 Å². The number of ether oxygens (including phenoxy) is 1. The van der Waals surface area contributed by atoms with Crippen molar-refractivity contribution < 1.29 is 9.53 Å². The summed E-state index contributed by atoms with van der Waals surface area (Å²) in [4.78, 5) is 27.5. The van der Waals surface area contributed by atoms with Gasteiger partial charge in [0.2, 0.25) is 5.28 Å². The Morgan fingerprint density at radius 1 is 1.18 bits per heavy atom. The molecule has 4 bridgehead atoms. The van der Waals surface area contributed by atoms with E-state index >= 15 is 0 Å². The minimum absolute atomic E-state index is 0.0778. The zero-order valence-corrected chi connectivity index (χ0v) is 19.9. The van der Waals surface area contributed by atoms with Crippen molar-refractivity contribution in [3.05, 3.63) is 34.2 Å². The molecule has 0 N–H and O–H groups in total. The van der Waals surface area contributed by atoms with E-state index in [4.69, 9.17) is 26.4 Å². The Balaban J connectivity index is 1.38. The minimum Gasteiger partial charge on any atom is -0.465 e. The molecule has 9 nitrogen and oxygen atoms in total. The molecule has 4 atom stereocenters. The van der Waals surface area contributed by atoms with E-state index in [-0.39, 0.29) is 16.9 Å². The lowest BCUT2D eigenvalue weighted by atomic mass is 9.46. The molecule has 0 saturated heterocycles. The molecule has 4 saturated carbocycles. The number of nitrogens with zero attached hydrogens (tertiary/aromatic N) is 7. The third-order valence-corrected chi connectivity index (χ3v) is 9.45. The molecule has 0 radical (unpaired) electrons. The van der Waals surface area contributed by atoms with Crippen molar-refractivity contribution in [3.63, 3.8) is 0 Å². The molecular weight excluding hydrogens is 462 g/mol. The van der Waals surface area contributed by atoms with E-state index in [1.165, 1.54) is 24.9 Å². The molecule has 11 heteroatoms. The second-order valence-electron chi connectivity index (χ2n) is 10.1. The number of carbonyl (C=O) groups excluding carboxylic acids is 1. The number of aromatic nitrogens is 7. The lowest BCUT2D eigenvalue weighted by Gasteiger charge is -2.60. The molecular formula is C22H22ClN7O2S. The van der Waals surface area contributed by atoms with E-state index in [2.05, 4.69) is 15.1 Å². The molecule has 8 rings (SSSR count). The Kier molecular flexibility index (Phi) is 3.91. The first-order valence-electron chi connectivity index (χ1n) is 11.2. The second-order valence-corrected chi connectivity index (χ2v) is 11.4. The maximum absolute atomic E-state index is 12.2. The summed E-state index contributed by atoms with van der Waals surface area (Å²) >= 11 is 7.44. The molecule has 4 aliphatic rings. The average Bonchev–Trinajstić information content (AvgIpc) is 3.49. The Morgan fingerprint density at radius 3 is 2.67 bits per heavy atom. The van der Waals surface area contributed by atoms with Crippen LogP contribution in [0.25, 0.3) is 15.9 Å². The highest BCUT2D eigenvalue weighted by atomic mass is 35.5. The number of hydrogen-bond acceptors (Lipinski definition) is 8. The first kappa shape index (κ1) is 19.8. The molecule has 4 fully saturated rings. The molecule has 170 valence electrons. The van der Waals surface area contributed by atoms with Gasteiger partial charge in [-0.15, -0.1) is 21.5 Å². The van der Waals surface area contributed by atoms with E-state index < -0.39 is 0 Å². The van der Waals surface area contributed by atoms with Gasteiger partial charge in [-0.1, -0.05) is 0 Å². The minimum atomic E-state index is -0.345. The highest BCUT2D eigenvalue weighted by molar-refractivity contribution is 7.20. The second kappa shape index (κ2) is 6.50. The molecule has 4 aromatic rings. The van der Waals surface area contributed by atoms with Crippen LogP contribution >= 0.6 is 22.9 Å². The van der Waals surface area contributed by atoms with E-state index in [0.29, 0.717) is 22.0 Å². The summed E-state index contributed by atoms with van der Waals surface area (Å²) in [6.07, 6.45) is 10.1. The number of carbonyl (C=O) groups is 1. The van der Waals surface area contributed by atoms with Crippen molar-refractivity contribution in [3.8, 4) is 0 Å². The van der Waals surface area contributed by atoms with E-state index in [1.807, 2.05) is 11.6 Å². The van der Waals surface area contributed by atoms with Gasteiger partial charge in [0.1, 0.15) is 22.4 Å². The van der Waals surface area contributed by atoms with Gasteiger partial charge < -0.3 is 4.74 Å². The van der Waals surface area contributed by atoms with Crippen molar-refractivity contribution in [1.82, 2.24) is 34.3 Å². The lowest BCUT2D eigenvalue weighted by Crippen LogP contribution is -2.58. The fraction of sp³-hybridized carbons (Fsp3) is 0.545. The Labute approximate surface area is 198 Å². The fourth-order valence-electron chi connectivity index (χ4n) is 7.26. The molecule has 2 unspecified atom stereocenters. The number of thiophene rings is 1. The number of aryl methyl sites for hydroxylation is 1. The molecule has 0 amide bonds. The van der Waals surface area contributed by atoms with Gasteiger partial charge in [-0.05, 0) is 74.4 Å². The third kappa shape index (κ3) is 2.64. The average molecular weight is 484 g/mol. The standard InChI is InChI=1S/C22H22ClN7O2S/c1-11-14-16-26-19(27-29(16)9-24-17(14)33-15(11)18(31)32-2)21-4-12-3-13(5-21)7-22(6-12,8-21)30-10-25-20(23)28-30/h9-10,12-13H,3-8H2,1-2H3/t12-,13+,21?,22?. The smallest absolute Gasteiger partial charge is 0.348 e. The van der Waals surface area contributed by atoms with Crippen LogP contribution in [0.4, 0.5) is 0 Å². The normalized spacial score (nSPS) is 30.5. The maximum atomic E-state index is 12.2. The summed E-state index contributed by atoms with van der Waals surface area (Å²) in [6, 6.07) is 0. The predicted octanol–water partition coefficient (Wildman–Crippen LogP) is 3.93. The molecule has 0 aromatic carbocycles. The van der Waals surface area contributed by atoms with Crippen LogP contribution in [0, 0.1) is 18.8 Å². The van der Waals surface area contributed by atoms with Gasteiger partial charge in [0.15, 0.2) is 11.5 Å². The summed E-state index contributed by atoms with van der Waals surface area (Å²) < 4.78 is 8.75. The summed E-state index contributed by atoms with van der Waals surface area (Å²) in [6.45, 7) is 1.93. The van der Waals surface area contributed by atoms with Gasteiger partial charge in [0.05, 0.1) is 18.0 Å². The van der Waals surface area contributed by atoms with Crippen LogP contribution in [0.15, 0.2) is 12.7 Å². The molecule has 4 aromatic heterocycles. The van der Waals surface area contributed by atoms with Crippen LogP contribution in [-0.2, 0) is 15.7 Å². The molecule has 0 spiro atoms. The van der Waals surface area contributed by atoms with Crippen molar-refractivity contribution in [2.45, 2.75) is 56.4 Å². The number of halogens is 1. The number of esters is 1. The van der Waals surface area contributed by atoms with Crippen molar-refractivity contribution in [1.29, 1.82) is 0 Å². The molecule has 4 heterocycles. The highest BCUT2D eigenvalue weighted by Gasteiger charge is 2.61. The zero-order valence-electron chi connectivity index (χ0n) is 18.3. The predicted molar refractivity (Wildman–Crippen MR) is 122 cm³/mol. The van der Waals surface area contributed by atoms with Crippen LogP contribution in [0.5, 0.6) is 0 Å². The maximum Gasteiger partial charge on any atom is 0.348 e. The van der Waals surface area contributed by atoms with Crippen LogP contribution < -0.4 is 0 Å². The summed E-state index contributed by atoms with van der Waals surface area (Å²) in [7, 11) is 1.40. The summed E-state index contributed by atoms with van der Waals surface area (Å²) in [5.41, 5.74) is 1.42. The Hall–Kier alpha value is -2.59. The van der Waals surface area contributed by atoms with Crippen LogP contribution in [0.2, 0.25) is 5.28 Å². The quantitative estimate of drug-likeness (QED) is 0.407. The van der Waals surface area contributed by atoms with Crippen molar-refractivity contribution in [2.75, 3.05) is 7.11 Å². The SMILES string of the molecule is COC(=O)c1sc2ncn3nc(C45C[C@H]6C[C@@H](C4)CC(n4cnc(Cl)n4)(C6)C5)nc3c2c1C. The first-order valence-corrected chi connectivity index (χ1v) is 12.4. The Bertz CT molecular complexity index is 1440. The summed E-state index contributed by atoms with van der Waals surface area (Å²) in [5, 5.41) is 10.7. The lowest BCUT2D eigenvalue weighted by molar-refractivity contribution is -0.0715. The monoisotopic (exact) mass is 483 g/mol. The number of rotatable bonds is 3. The van der Waals surface area contributed by atoms with Gasteiger partial charge in [0.25, 0.3) is 0 Å². The van der Waals surface area contributed by atoms with Crippen molar-refractivity contribution >= 4 is 44.8 Å². The Morgan fingerprint density at radius 2 is 1.97 bits per heavy atom. The largest absolute Gasteiger partial charge is 0.465 e. The van der Waals surface area contributed by atoms with Crippen LogP contribution in [0.3, 0.4) is 0 Å². The number of hydrogen-bond donors (Lipinski definition) is 0. The zero-order chi connectivity index (χ0) is 22.5. The van der Waals surface area contributed by atoms with Crippen LogP contribution in [0.1, 0.15) is 59.6 Å². The van der Waals surface area contributed by atoms with Gasteiger partial charge >= 0.3 is 5.97 Å². The van der Waals surface area contributed by atoms with Crippen LogP contribution in [-0.4, -0.2) is 47.4 Å². The van der Waals surface area contributed by atoms with Gasteiger partial charge in [-0.3, -0.25) is 0 Å². The van der Waals surface area contributed by atoms with E-state index in [1.54, 1.807) is 17.2 Å². The number of methoxy groups -OCH3 is 1. The molecule has 0 aliphatic heterocycles. The highest BCUT2D eigenvalue weighted by Crippen LogP contribution is 2.64. The number of fused-ring (bicyclic) bond motifs is 3. The fourth-order valence-corrected chi connectivity index (χ4v) is 8.45. The van der Waals surface area contributed by atoms with Gasteiger partial charge in [-0.25, -0.2) is 28.9 Å². The van der Waals surface area contributed by atoms with E-state index in [0.717, 1.165) is 59.4 Å². The van der Waals surface area contributed by atoms with E-state index in [9.17, 15) is 4.79 Å². The van der Waals surface area contributed by atoms with Gasteiger partial charge in [0, 0.05) is 5.41 Å². The molecule has 4 aliphatic carbocycles. The third-order valence-electron chi connectivity index (χ3n) is 8.09. The summed E-state index contributed by atoms with van der Waals surface area (Å²) in [5.74, 6) is 1.77.